The predicted octanol–water partition coefficient (Wildman–Crippen LogP) is 2.63. The van der Waals surface area contributed by atoms with E-state index in [0.29, 0.717) is 28.4 Å². The molecule has 1 unspecified atom stereocenters. The van der Waals surface area contributed by atoms with Gasteiger partial charge in [-0.05, 0) is 23.2 Å². The fourth-order valence-corrected chi connectivity index (χ4v) is 4.16. The van der Waals surface area contributed by atoms with Crippen molar-refractivity contribution in [3.63, 3.8) is 0 Å². The number of nitrogens with zero attached hydrogens (tertiary/aromatic N) is 6. The Kier molecular flexibility index (Phi) is 5.46. The number of terminal acetylenes is 1. The van der Waals surface area contributed by atoms with Crippen molar-refractivity contribution in [1.82, 2.24) is 25.0 Å². The first kappa shape index (κ1) is 22.2. The van der Waals surface area contributed by atoms with Crippen LogP contribution in [0.15, 0.2) is 23.1 Å². The molecule has 1 aliphatic rings. The minimum absolute atomic E-state index is 0.00359. The molecule has 0 N–H and O–H groups in total. The molecule has 0 amide bonds. The molecule has 1 saturated heterocycles. The maximum Gasteiger partial charge on any atom is 0.266 e. The predicted molar refractivity (Wildman–Crippen MR) is 114 cm³/mol. The molecule has 4 rings (SSSR count). The molecule has 1 atom stereocenters. The number of fused-ring (bicyclic) bond motifs is 1. The summed E-state index contributed by atoms with van der Waals surface area (Å²) in [4.78, 5) is 10.7. The molecule has 0 aliphatic carbocycles. The molecule has 1 fully saturated rings. The molecule has 32 heavy (non-hydrogen) atoms. The Morgan fingerprint density at radius 1 is 1.31 bits per heavy atom. The van der Waals surface area contributed by atoms with Gasteiger partial charge in [-0.1, -0.05) is 38.0 Å². The summed E-state index contributed by atoms with van der Waals surface area (Å²) in [6.07, 6.45) is 5.30. The summed E-state index contributed by atoms with van der Waals surface area (Å²) in [5.41, 5.74) is 0.905. The van der Waals surface area contributed by atoms with E-state index in [0.717, 1.165) is 0 Å². The normalized spacial score (nSPS) is 17.0. The van der Waals surface area contributed by atoms with Gasteiger partial charge in [-0.25, -0.2) is 23.4 Å². The summed E-state index contributed by atoms with van der Waals surface area (Å²) in [5.74, 6) is 0.416. The SMILES string of the molecule is C#Cc1cccc(S(=O)[O-])c1Cn1nnc2c(N3CCC(F)(F)C3)nc(C(C)(C)C)nc21. The van der Waals surface area contributed by atoms with E-state index in [-0.39, 0.29) is 29.9 Å². The minimum Gasteiger partial charge on any atom is -0.768 e. The maximum atomic E-state index is 13.9. The minimum atomic E-state index is -2.81. The van der Waals surface area contributed by atoms with Crippen LogP contribution in [0, 0.1) is 12.3 Å². The number of rotatable bonds is 4. The average molecular weight is 460 g/mol. The Hall–Kier alpha value is -2.97. The lowest BCUT2D eigenvalue weighted by atomic mass is 9.96. The van der Waals surface area contributed by atoms with Crippen molar-refractivity contribution in [2.75, 3.05) is 18.0 Å². The van der Waals surface area contributed by atoms with E-state index in [1.54, 1.807) is 12.1 Å². The second-order valence-corrected chi connectivity index (χ2v) is 9.64. The molecular formula is C21H21F2N6O2S-. The molecule has 11 heteroatoms. The molecule has 1 aromatic carbocycles. The third kappa shape index (κ3) is 4.08. The Balaban J connectivity index is 1.88. The van der Waals surface area contributed by atoms with E-state index in [1.807, 2.05) is 20.8 Å². The van der Waals surface area contributed by atoms with Crippen molar-refractivity contribution in [2.24, 2.45) is 0 Å². The molecule has 168 valence electrons. The van der Waals surface area contributed by atoms with E-state index < -0.39 is 29.0 Å². The summed E-state index contributed by atoms with van der Waals surface area (Å²) in [6, 6.07) is 4.65. The van der Waals surface area contributed by atoms with Gasteiger partial charge in [-0.15, -0.1) is 11.5 Å². The van der Waals surface area contributed by atoms with E-state index in [4.69, 9.17) is 6.42 Å². The summed E-state index contributed by atoms with van der Waals surface area (Å²) in [5, 5.41) is 8.29. The molecule has 3 aromatic rings. The second kappa shape index (κ2) is 7.86. The molecule has 8 nitrogen and oxygen atoms in total. The Morgan fingerprint density at radius 3 is 2.66 bits per heavy atom. The van der Waals surface area contributed by atoms with Gasteiger partial charge < -0.3 is 9.45 Å². The van der Waals surface area contributed by atoms with E-state index >= 15 is 0 Å². The first-order valence-electron chi connectivity index (χ1n) is 9.92. The zero-order valence-electron chi connectivity index (χ0n) is 17.8. The number of halogens is 2. The van der Waals surface area contributed by atoms with Crippen LogP contribution < -0.4 is 4.90 Å². The van der Waals surface area contributed by atoms with Crippen molar-refractivity contribution in [3.05, 3.63) is 35.2 Å². The summed E-state index contributed by atoms with van der Waals surface area (Å²) in [6.45, 7) is 5.41. The van der Waals surface area contributed by atoms with Crippen LogP contribution >= 0.6 is 0 Å². The number of hydrogen-bond donors (Lipinski definition) is 0. The van der Waals surface area contributed by atoms with Gasteiger partial charge in [0.15, 0.2) is 17.0 Å². The lowest BCUT2D eigenvalue weighted by Gasteiger charge is -2.22. The molecular weight excluding hydrogens is 438 g/mol. The zero-order valence-corrected chi connectivity index (χ0v) is 18.6. The Labute approximate surface area is 186 Å². The van der Waals surface area contributed by atoms with Gasteiger partial charge in [0, 0.05) is 34.4 Å². The van der Waals surface area contributed by atoms with Crippen molar-refractivity contribution < 1.29 is 17.5 Å². The highest BCUT2D eigenvalue weighted by Crippen LogP contribution is 2.34. The van der Waals surface area contributed by atoms with Crippen LogP contribution in [0.25, 0.3) is 11.2 Å². The van der Waals surface area contributed by atoms with Crippen LogP contribution in [0.4, 0.5) is 14.6 Å². The van der Waals surface area contributed by atoms with Crippen LogP contribution in [-0.4, -0.2) is 52.7 Å². The molecule has 0 radical (unpaired) electrons. The highest BCUT2D eigenvalue weighted by molar-refractivity contribution is 7.79. The first-order chi connectivity index (χ1) is 15.0. The van der Waals surface area contributed by atoms with Gasteiger partial charge in [-0.2, -0.15) is 0 Å². The Morgan fingerprint density at radius 2 is 2.06 bits per heavy atom. The number of anilines is 1. The standard InChI is InChI=1S/C21H22F2N6O2S/c1-5-13-7-6-8-15(32(30)31)14(13)11-29-18-16(26-27-29)17(24-19(25-18)20(2,3)4)28-10-9-21(22,23)12-28/h1,6-8H,9-12H2,2-4H3,(H,30,31)/p-1. The molecule has 0 bridgehead atoms. The molecule has 0 spiro atoms. The van der Waals surface area contributed by atoms with Crippen LogP contribution in [0.3, 0.4) is 0 Å². The average Bonchev–Trinajstić information content (AvgIpc) is 3.29. The molecule has 1 aliphatic heterocycles. The third-order valence-corrected chi connectivity index (χ3v) is 6.00. The maximum absolute atomic E-state index is 13.9. The van der Waals surface area contributed by atoms with Crippen molar-refractivity contribution in [2.45, 2.75) is 50.0 Å². The van der Waals surface area contributed by atoms with Crippen molar-refractivity contribution in [1.29, 1.82) is 0 Å². The fraction of sp³-hybridized carbons (Fsp3) is 0.429. The van der Waals surface area contributed by atoms with Gasteiger partial charge in [0.25, 0.3) is 5.92 Å². The van der Waals surface area contributed by atoms with Gasteiger partial charge in [0.05, 0.1) is 13.1 Å². The summed E-state index contributed by atoms with van der Waals surface area (Å²) in [7, 11) is 0. The lowest BCUT2D eigenvalue weighted by molar-refractivity contribution is 0.0257. The van der Waals surface area contributed by atoms with Gasteiger partial charge >= 0.3 is 0 Å². The van der Waals surface area contributed by atoms with Crippen LogP contribution in [0.1, 0.15) is 44.1 Å². The second-order valence-electron chi connectivity index (χ2n) is 8.73. The molecule has 2 aromatic heterocycles. The van der Waals surface area contributed by atoms with Crippen LogP contribution in [0.2, 0.25) is 0 Å². The zero-order chi connectivity index (χ0) is 23.3. The molecule has 0 saturated carbocycles. The van der Waals surface area contributed by atoms with Gasteiger partial charge in [0.2, 0.25) is 0 Å². The van der Waals surface area contributed by atoms with E-state index in [1.165, 1.54) is 15.6 Å². The van der Waals surface area contributed by atoms with Gasteiger partial charge in [-0.3, -0.25) is 4.21 Å². The first-order valence-corrected chi connectivity index (χ1v) is 11.0. The monoisotopic (exact) mass is 459 g/mol. The summed E-state index contributed by atoms with van der Waals surface area (Å²) >= 11 is -2.51. The number of aromatic nitrogens is 5. The lowest BCUT2D eigenvalue weighted by Crippen LogP contribution is -2.27. The Bertz CT molecular complexity index is 1260. The van der Waals surface area contributed by atoms with E-state index in [2.05, 4.69) is 26.2 Å². The highest BCUT2D eigenvalue weighted by atomic mass is 32.2. The number of hydrogen-bond acceptors (Lipinski definition) is 7. The van der Waals surface area contributed by atoms with Crippen molar-refractivity contribution in [3.8, 4) is 12.3 Å². The topological polar surface area (TPSA) is 99.9 Å². The highest BCUT2D eigenvalue weighted by Gasteiger charge is 2.40. The van der Waals surface area contributed by atoms with Crippen LogP contribution in [-0.2, 0) is 23.0 Å². The largest absolute Gasteiger partial charge is 0.768 e. The van der Waals surface area contributed by atoms with E-state index in [9.17, 15) is 17.5 Å². The van der Waals surface area contributed by atoms with Crippen LogP contribution in [0.5, 0.6) is 0 Å². The smallest absolute Gasteiger partial charge is 0.266 e. The quantitative estimate of drug-likeness (QED) is 0.437. The fourth-order valence-electron chi connectivity index (χ4n) is 3.59. The summed E-state index contributed by atoms with van der Waals surface area (Å²) < 4.78 is 52.7. The number of alkyl halides is 2. The third-order valence-electron chi connectivity index (χ3n) is 5.26. The van der Waals surface area contributed by atoms with Crippen molar-refractivity contribution >= 4 is 28.1 Å². The molecule has 3 heterocycles. The van der Waals surface area contributed by atoms with Gasteiger partial charge in [0.1, 0.15) is 5.82 Å². The number of benzene rings is 1.